The van der Waals surface area contributed by atoms with Crippen LogP contribution in [0.2, 0.25) is 0 Å². The van der Waals surface area contributed by atoms with Crippen LogP contribution in [0.25, 0.3) is 0 Å². The Morgan fingerprint density at radius 2 is 1.38 bits per heavy atom. The summed E-state index contributed by atoms with van der Waals surface area (Å²) in [5.74, 6) is 0.365. The second-order valence-corrected chi connectivity index (χ2v) is 6.42. The molecule has 1 atom stereocenters. The van der Waals surface area contributed by atoms with Crippen molar-refractivity contribution in [3.8, 4) is 0 Å². The molecule has 6 nitrogen and oxygen atoms in total. The topological polar surface area (TPSA) is 97.7 Å². The summed E-state index contributed by atoms with van der Waals surface area (Å²) in [6, 6.07) is 0. The molecule has 0 aromatic carbocycles. The maximum atomic E-state index is 9.58. The molecular weight excluding hydrogens is 318 g/mol. The lowest BCUT2D eigenvalue weighted by Gasteiger charge is -2.39. The minimum atomic E-state index is -4.92. The number of rotatable bonds is 10. The number of nitrogens with zero attached hydrogens (tertiary/aromatic N) is 1. The lowest BCUT2D eigenvalue weighted by Crippen LogP contribution is -2.51. The van der Waals surface area contributed by atoms with Gasteiger partial charge in [-0.1, -0.05) is 20.8 Å². The Labute approximate surface area is 134 Å². The second kappa shape index (κ2) is 12.6. The largest absolute Gasteiger partial charge is 0.726 e. The van der Waals surface area contributed by atoms with Crippen LogP contribution in [-0.4, -0.2) is 65.3 Å². The van der Waals surface area contributed by atoms with Crippen molar-refractivity contribution in [2.75, 3.05) is 32.1 Å². The first-order chi connectivity index (χ1) is 9.64. The van der Waals surface area contributed by atoms with E-state index in [0.717, 1.165) is 17.4 Å². The van der Waals surface area contributed by atoms with Crippen molar-refractivity contribution in [2.24, 2.45) is 0 Å². The van der Waals surface area contributed by atoms with Gasteiger partial charge in [-0.15, -0.1) is 11.6 Å². The molecule has 1 unspecified atom stereocenters. The van der Waals surface area contributed by atoms with Crippen molar-refractivity contribution in [3.05, 3.63) is 0 Å². The SMILES string of the molecule is CCC[N+](CCC)(CCC)CCC(O)CCl.O=S(=O)([O-])O. The molecule has 0 amide bonds. The molecule has 8 heteroatoms. The molecule has 0 aliphatic rings. The van der Waals surface area contributed by atoms with E-state index in [2.05, 4.69) is 20.8 Å². The molecule has 0 saturated carbocycles. The average Bonchev–Trinajstić information content (AvgIpc) is 2.35. The molecule has 0 rings (SSSR count). The highest BCUT2D eigenvalue weighted by molar-refractivity contribution is 7.79. The van der Waals surface area contributed by atoms with Crippen molar-refractivity contribution in [1.29, 1.82) is 0 Å². The van der Waals surface area contributed by atoms with E-state index in [1.807, 2.05) is 0 Å². The molecule has 2 N–H and O–H groups in total. The summed E-state index contributed by atoms with van der Waals surface area (Å²) in [6.07, 6.45) is 4.17. The van der Waals surface area contributed by atoms with E-state index in [1.54, 1.807) is 0 Å². The molecule has 0 saturated heterocycles. The predicted octanol–water partition coefficient (Wildman–Crippen LogP) is 2.03. The van der Waals surface area contributed by atoms with Gasteiger partial charge in [0.05, 0.1) is 32.3 Å². The molecule has 0 bridgehead atoms. The monoisotopic (exact) mass is 347 g/mol. The van der Waals surface area contributed by atoms with Crippen molar-refractivity contribution < 1.29 is 27.1 Å². The molecule has 0 radical (unpaired) electrons. The van der Waals surface area contributed by atoms with Gasteiger partial charge in [-0.2, -0.15) is 0 Å². The summed E-state index contributed by atoms with van der Waals surface area (Å²) < 4.78 is 34.0. The van der Waals surface area contributed by atoms with Crippen LogP contribution in [0.15, 0.2) is 0 Å². The van der Waals surface area contributed by atoms with Gasteiger partial charge in [0.2, 0.25) is 10.4 Å². The maximum Gasteiger partial charge on any atom is 0.215 e. The third-order valence-electron chi connectivity index (χ3n) is 3.21. The van der Waals surface area contributed by atoms with E-state index in [0.29, 0.717) is 5.88 Å². The zero-order valence-electron chi connectivity index (χ0n) is 13.3. The zero-order valence-corrected chi connectivity index (χ0v) is 14.9. The van der Waals surface area contributed by atoms with E-state index in [9.17, 15) is 5.11 Å². The molecule has 0 aromatic heterocycles. The van der Waals surface area contributed by atoms with Crippen LogP contribution < -0.4 is 0 Å². The first-order valence-corrected chi connectivity index (χ1v) is 9.31. The Morgan fingerprint density at radius 3 is 1.62 bits per heavy atom. The average molecular weight is 348 g/mol. The molecule has 0 aliphatic heterocycles. The quantitative estimate of drug-likeness (QED) is 0.273. The van der Waals surface area contributed by atoms with Crippen LogP contribution in [0.5, 0.6) is 0 Å². The summed E-state index contributed by atoms with van der Waals surface area (Å²) in [7, 11) is -4.92. The highest BCUT2D eigenvalue weighted by atomic mass is 35.5. The van der Waals surface area contributed by atoms with Crippen molar-refractivity contribution >= 4 is 22.0 Å². The smallest absolute Gasteiger partial charge is 0.215 e. The number of halogens is 1. The van der Waals surface area contributed by atoms with Gasteiger partial charge in [0.25, 0.3) is 0 Å². The Bertz CT molecular complexity index is 312. The minimum absolute atomic E-state index is 0.329. The molecule has 0 aliphatic carbocycles. The lowest BCUT2D eigenvalue weighted by molar-refractivity contribution is -0.928. The summed E-state index contributed by atoms with van der Waals surface area (Å²) in [6.45, 7) is 11.5. The van der Waals surface area contributed by atoms with Gasteiger partial charge < -0.3 is 14.1 Å². The Morgan fingerprint density at radius 1 is 1.05 bits per heavy atom. The van der Waals surface area contributed by atoms with Crippen molar-refractivity contribution in [1.82, 2.24) is 0 Å². The van der Waals surface area contributed by atoms with E-state index >= 15 is 0 Å². The van der Waals surface area contributed by atoms with Gasteiger partial charge >= 0.3 is 0 Å². The first kappa shape index (κ1) is 23.3. The number of aliphatic hydroxyl groups is 1. The van der Waals surface area contributed by atoms with Crippen LogP contribution >= 0.6 is 11.6 Å². The fraction of sp³-hybridized carbons (Fsp3) is 1.00. The van der Waals surface area contributed by atoms with Crippen molar-refractivity contribution in [2.45, 2.75) is 52.6 Å². The number of hydrogen-bond acceptors (Lipinski definition) is 4. The Kier molecular flexibility index (Phi) is 14.0. The van der Waals surface area contributed by atoms with Crippen LogP contribution in [0.4, 0.5) is 0 Å². The molecule has 0 aromatic rings. The highest BCUT2D eigenvalue weighted by Crippen LogP contribution is 2.14. The van der Waals surface area contributed by atoms with Gasteiger partial charge in [0, 0.05) is 12.3 Å². The summed E-state index contributed by atoms with van der Waals surface area (Å²) in [4.78, 5) is 0. The van der Waals surface area contributed by atoms with Crippen LogP contribution in [0.1, 0.15) is 46.5 Å². The standard InChI is InChI=1S/C13H29ClNO.H2O4S/c1-4-8-15(9-5-2,10-6-3)11-7-13(16)12-14;1-5(2,3)4/h13,16H,4-12H2,1-3H3;(H2,1,2,3,4)/q+1;/p-1. The van der Waals surface area contributed by atoms with E-state index < -0.39 is 10.4 Å². The first-order valence-electron chi connectivity index (χ1n) is 7.41. The summed E-state index contributed by atoms with van der Waals surface area (Å²) in [5.41, 5.74) is 0. The predicted molar refractivity (Wildman–Crippen MR) is 84.3 cm³/mol. The molecular formula is C13H30ClNO5S. The number of alkyl halides is 1. The minimum Gasteiger partial charge on any atom is -0.726 e. The maximum absolute atomic E-state index is 9.58. The number of aliphatic hydroxyl groups excluding tert-OH is 1. The van der Waals surface area contributed by atoms with E-state index in [1.165, 1.54) is 38.9 Å². The second-order valence-electron chi connectivity index (χ2n) is 5.26. The molecule has 21 heavy (non-hydrogen) atoms. The molecule has 130 valence electrons. The number of quaternary nitrogens is 1. The fourth-order valence-electron chi connectivity index (χ4n) is 2.59. The highest BCUT2D eigenvalue weighted by Gasteiger charge is 2.25. The summed E-state index contributed by atoms with van der Waals surface area (Å²) in [5, 5.41) is 9.58. The third kappa shape index (κ3) is 16.3. The fourth-order valence-corrected chi connectivity index (χ4v) is 2.75. The normalized spacial score (nSPS) is 13.5. The molecule has 0 heterocycles. The van der Waals surface area contributed by atoms with Crippen molar-refractivity contribution in [3.63, 3.8) is 0 Å². The van der Waals surface area contributed by atoms with Crippen LogP contribution in [0.3, 0.4) is 0 Å². The number of hydrogen-bond donors (Lipinski definition) is 2. The van der Waals surface area contributed by atoms with Gasteiger partial charge in [0.1, 0.15) is 0 Å². The zero-order chi connectivity index (χ0) is 16.9. The van der Waals surface area contributed by atoms with Gasteiger partial charge in [-0.3, -0.25) is 4.55 Å². The lowest BCUT2D eigenvalue weighted by atomic mass is 10.1. The van der Waals surface area contributed by atoms with Gasteiger partial charge in [-0.05, 0) is 19.3 Å². The van der Waals surface area contributed by atoms with Crippen LogP contribution in [-0.2, 0) is 10.4 Å². The van der Waals surface area contributed by atoms with Gasteiger partial charge in [-0.25, -0.2) is 8.42 Å². The van der Waals surface area contributed by atoms with Gasteiger partial charge in [0.15, 0.2) is 0 Å². The molecule has 0 fully saturated rings. The molecule has 0 spiro atoms. The van der Waals surface area contributed by atoms with E-state index in [-0.39, 0.29) is 6.10 Å². The van der Waals surface area contributed by atoms with E-state index in [4.69, 9.17) is 29.1 Å². The summed E-state index contributed by atoms with van der Waals surface area (Å²) >= 11 is 5.66. The third-order valence-corrected chi connectivity index (χ3v) is 3.56. The van der Waals surface area contributed by atoms with Crippen LogP contribution in [0, 0.1) is 0 Å². The Hall–Kier alpha value is 0.0800. The Balaban J connectivity index is 0.